The molecule has 0 atom stereocenters. The second kappa shape index (κ2) is 4.08. The Balaban J connectivity index is 2.37. The van der Waals surface area contributed by atoms with Crippen molar-refractivity contribution in [2.24, 2.45) is 0 Å². The highest BCUT2D eigenvalue weighted by Crippen LogP contribution is 2.34. The summed E-state index contributed by atoms with van der Waals surface area (Å²) in [5, 5.41) is 3.63. The Morgan fingerprint density at radius 1 is 1.53 bits per heavy atom. The highest BCUT2D eigenvalue weighted by Gasteiger charge is 2.41. The Morgan fingerprint density at radius 3 is 2.80 bits per heavy atom. The minimum atomic E-state index is -0.246. The van der Waals surface area contributed by atoms with Gasteiger partial charge >= 0.3 is 0 Å². The average molecular weight is 230 g/mol. The lowest BCUT2D eigenvalue weighted by molar-refractivity contribution is -0.0598. The van der Waals surface area contributed by atoms with Crippen LogP contribution < -0.4 is 5.32 Å². The molecule has 0 saturated carbocycles. The van der Waals surface area contributed by atoms with Gasteiger partial charge in [-0.25, -0.2) is 4.39 Å². The smallest absolute Gasteiger partial charge is 0.127 e. The lowest BCUT2D eigenvalue weighted by atomic mass is 9.78. The second-order valence-corrected chi connectivity index (χ2v) is 4.36. The van der Waals surface area contributed by atoms with Gasteiger partial charge in [-0.1, -0.05) is 11.6 Å². The molecule has 1 N–H and O–H groups in total. The van der Waals surface area contributed by atoms with Gasteiger partial charge in [-0.05, 0) is 25.2 Å². The van der Waals surface area contributed by atoms with Gasteiger partial charge in [0.1, 0.15) is 5.82 Å². The number of benzene rings is 1. The fourth-order valence-electron chi connectivity index (χ4n) is 1.94. The van der Waals surface area contributed by atoms with E-state index in [2.05, 4.69) is 5.32 Å². The van der Waals surface area contributed by atoms with Crippen molar-refractivity contribution < 1.29 is 9.13 Å². The van der Waals surface area contributed by atoms with E-state index in [1.54, 1.807) is 12.1 Å². The predicted molar refractivity (Wildman–Crippen MR) is 57.8 cm³/mol. The van der Waals surface area contributed by atoms with E-state index in [0.29, 0.717) is 30.3 Å². The van der Waals surface area contributed by atoms with Crippen LogP contribution >= 0.6 is 11.6 Å². The van der Waals surface area contributed by atoms with Crippen LogP contribution in [0, 0.1) is 5.82 Å². The van der Waals surface area contributed by atoms with Crippen LogP contribution in [0.25, 0.3) is 0 Å². The third kappa shape index (κ3) is 1.87. The third-order valence-electron chi connectivity index (χ3n) is 2.77. The molecule has 0 unspecified atom stereocenters. The first-order valence-electron chi connectivity index (χ1n) is 4.86. The summed E-state index contributed by atoms with van der Waals surface area (Å²) in [5.41, 5.74) is 0.402. The molecule has 0 spiro atoms. The molecule has 1 aromatic rings. The van der Waals surface area contributed by atoms with Crippen LogP contribution in [0.1, 0.15) is 5.56 Å². The molecule has 1 fully saturated rings. The summed E-state index contributed by atoms with van der Waals surface area (Å²) in [6, 6.07) is 4.66. The summed E-state index contributed by atoms with van der Waals surface area (Å²) in [7, 11) is 1.85. The van der Waals surface area contributed by atoms with Crippen LogP contribution in [-0.2, 0) is 10.2 Å². The van der Waals surface area contributed by atoms with E-state index < -0.39 is 0 Å². The van der Waals surface area contributed by atoms with Crippen molar-refractivity contribution in [2.45, 2.75) is 5.41 Å². The largest absolute Gasteiger partial charge is 0.379 e. The Hall–Kier alpha value is -0.640. The van der Waals surface area contributed by atoms with Gasteiger partial charge in [0.15, 0.2) is 0 Å². The molecular formula is C11H13ClFNO. The number of rotatable bonds is 3. The molecule has 0 radical (unpaired) electrons. The quantitative estimate of drug-likeness (QED) is 0.856. The maximum Gasteiger partial charge on any atom is 0.127 e. The van der Waals surface area contributed by atoms with Gasteiger partial charge in [0, 0.05) is 17.1 Å². The van der Waals surface area contributed by atoms with Crippen molar-refractivity contribution in [3.8, 4) is 0 Å². The number of hydrogen-bond donors (Lipinski definition) is 1. The van der Waals surface area contributed by atoms with Crippen molar-refractivity contribution in [3.05, 3.63) is 34.6 Å². The fraction of sp³-hybridized carbons (Fsp3) is 0.455. The van der Waals surface area contributed by atoms with E-state index in [1.165, 1.54) is 6.07 Å². The number of nitrogens with one attached hydrogen (secondary N) is 1. The molecule has 0 bridgehead atoms. The SMILES string of the molecule is CNCC1(c2cc(Cl)ccc2F)COC1. The molecule has 1 aromatic carbocycles. The van der Waals surface area contributed by atoms with Crippen LogP contribution in [0.3, 0.4) is 0 Å². The summed E-state index contributed by atoms with van der Waals surface area (Å²) in [6.45, 7) is 1.79. The predicted octanol–water partition coefficient (Wildman–Crippen LogP) is 1.97. The lowest BCUT2D eigenvalue weighted by Crippen LogP contribution is -2.53. The maximum atomic E-state index is 13.7. The van der Waals surface area contributed by atoms with E-state index in [0.717, 1.165) is 0 Å². The molecule has 1 aliphatic heterocycles. The molecule has 0 aliphatic carbocycles. The van der Waals surface area contributed by atoms with Crippen molar-refractivity contribution in [1.82, 2.24) is 5.32 Å². The van der Waals surface area contributed by atoms with Gasteiger partial charge in [0.05, 0.1) is 18.6 Å². The van der Waals surface area contributed by atoms with E-state index in [4.69, 9.17) is 16.3 Å². The molecule has 4 heteroatoms. The van der Waals surface area contributed by atoms with Gasteiger partial charge in [-0.15, -0.1) is 0 Å². The van der Waals surface area contributed by atoms with Crippen molar-refractivity contribution in [3.63, 3.8) is 0 Å². The first kappa shape index (κ1) is 10.9. The number of ether oxygens (including phenoxy) is 1. The fourth-order valence-corrected chi connectivity index (χ4v) is 2.12. The molecule has 1 aliphatic rings. The van der Waals surface area contributed by atoms with Gasteiger partial charge in [0.25, 0.3) is 0 Å². The number of halogens is 2. The van der Waals surface area contributed by atoms with Gasteiger partial charge < -0.3 is 10.1 Å². The first-order valence-corrected chi connectivity index (χ1v) is 5.24. The summed E-state index contributed by atoms with van der Waals surface area (Å²) < 4.78 is 18.9. The van der Waals surface area contributed by atoms with Crippen LogP contribution in [0.4, 0.5) is 4.39 Å². The van der Waals surface area contributed by atoms with Crippen LogP contribution in [0.5, 0.6) is 0 Å². The van der Waals surface area contributed by atoms with Crippen molar-refractivity contribution >= 4 is 11.6 Å². The third-order valence-corrected chi connectivity index (χ3v) is 3.01. The maximum absolute atomic E-state index is 13.7. The molecule has 15 heavy (non-hydrogen) atoms. The first-order chi connectivity index (χ1) is 7.18. The topological polar surface area (TPSA) is 21.3 Å². The average Bonchev–Trinajstić information content (AvgIpc) is 2.16. The zero-order chi connectivity index (χ0) is 10.9. The Kier molecular flexibility index (Phi) is 2.96. The Bertz CT molecular complexity index is 366. The molecule has 2 rings (SSSR count). The standard InChI is InChI=1S/C11H13ClFNO/c1-14-5-11(6-15-7-11)9-4-8(12)2-3-10(9)13/h2-4,14H,5-7H2,1H3. The summed E-state index contributed by atoms with van der Waals surface area (Å²) >= 11 is 5.88. The van der Waals surface area contributed by atoms with Gasteiger partial charge in [-0.2, -0.15) is 0 Å². The van der Waals surface area contributed by atoms with Crippen LogP contribution in [0.2, 0.25) is 5.02 Å². The summed E-state index contributed by atoms with van der Waals surface area (Å²) in [6.07, 6.45) is 0. The number of hydrogen-bond acceptors (Lipinski definition) is 2. The van der Waals surface area contributed by atoms with Crippen molar-refractivity contribution in [1.29, 1.82) is 0 Å². The van der Waals surface area contributed by atoms with E-state index in [1.807, 2.05) is 7.05 Å². The minimum absolute atomic E-state index is 0.210. The zero-order valence-electron chi connectivity index (χ0n) is 8.52. The molecule has 0 aromatic heterocycles. The highest BCUT2D eigenvalue weighted by molar-refractivity contribution is 6.30. The molecular weight excluding hydrogens is 217 g/mol. The molecule has 82 valence electrons. The monoisotopic (exact) mass is 229 g/mol. The normalized spacial score (nSPS) is 18.6. The van der Waals surface area contributed by atoms with Gasteiger partial charge in [0.2, 0.25) is 0 Å². The minimum Gasteiger partial charge on any atom is -0.379 e. The van der Waals surface area contributed by atoms with E-state index in [-0.39, 0.29) is 11.2 Å². The summed E-state index contributed by atoms with van der Waals surface area (Å²) in [5.74, 6) is -0.210. The van der Waals surface area contributed by atoms with Crippen molar-refractivity contribution in [2.75, 3.05) is 26.8 Å². The Labute approximate surface area is 93.4 Å². The van der Waals surface area contributed by atoms with E-state index in [9.17, 15) is 4.39 Å². The molecule has 2 nitrogen and oxygen atoms in total. The number of likely N-dealkylation sites (N-methyl/N-ethyl adjacent to an activating group) is 1. The second-order valence-electron chi connectivity index (χ2n) is 3.93. The molecule has 1 saturated heterocycles. The lowest BCUT2D eigenvalue weighted by Gasteiger charge is -2.42. The molecule has 1 heterocycles. The van der Waals surface area contributed by atoms with Crippen LogP contribution in [0.15, 0.2) is 18.2 Å². The molecule has 0 amide bonds. The zero-order valence-corrected chi connectivity index (χ0v) is 9.27. The van der Waals surface area contributed by atoms with Crippen LogP contribution in [-0.4, -0.2) is 26.8 Å². The Morgan fingerprint density at radius 2 is 2.27 bits per heavy atom. The van der Waals surface area contributed by atoms with Gasteiger partial charge in [-0.3, -0.25) is 0 Å². The van der Waals surface area contributed by atoms with E-state index >= 15 is 0 Å². The summed E-state index contributed by atoms with van der Waals surface area (Å²) in [4.78, 5) is 0. The highest BCUT2D eigenvalue weighted by atomic mass is 35.5.